The normalized spacial score (nSPS) is 12.6. The van der Waals surface area contributed by atoms with Crippen molar-refractivity contribution in [2.24, 2.45) is 0 Å². The predicted octanol–water partition coefficient (Wildman–Crippen LogP) is 4.50. The quantitative estimate of drug-likeness (QED) is 0.741. The fourth-order valence-electron chi connectivity index (χ4n) is 1.80. The van der Waals surface area contributed by atoms with E-state index in [0.29, 0.717) is 6.42 Å². The Kier molecular flexibility index (Phi) is 4.53. The van der Waals surface area contributed by atoms with Crippen LogP contribution >= 0.6 is 15.9 Å². The molecule has 1 aromatic heterocycles. The van der Waals surface area contributed by atoms with Crippen LogP contribution in [0.25, 0.3) is 0 Å². The molecule has 1 heterocycles. The van der Waals surface area contributed by atoms with Gasteiger partial charge in [-0.05, 0) is 37.1 Å². The van der Waals surface area contributed by atoms with E-state index < -0.39 is 11.6 Å². The van der Waals surface area contributed by atoms with Gasteiger partial charge in [0.25, 0.3) is 0 Å². The smallest absolute Gasteiger partial charge is 0.129 e. The van der Waals surface area contributed by atoms with Gasteiger partial charge < -0.3 is 4.42 Å². The first-order chi connectivity index (χ1) is 8.66. The number of hydrogen-bond donors (Lipinski definition) is 0. The zero-order valence-electron chi connectivity index (χ0n) is 9.70. The van der Waals surface area contributed by atoms with E-state index in [1.165, 1.54) is 18.2 Å². The first-order valence-corrected chi connectivity index (χ1v) is 6.67. The molecule has 2 rings (SSSR count). The zero-order valence-corrected chi connectivity index (χ0v) is 11.3. The summed E-state index contributed by atoms with van der Waals surface area (Å²) in [6, 6.07) is 7.66. The summed E-state index contributed by atoms with van der Waals surface area (Å²) in [5.74, 6) is -0.0941. The Morgan fingerprint density at radius 2 is 1.83 bits per heavy atom. The molecule has 0 bridgehead atoms. The van der Waals surface area contributed by atoms with Gasteiger partial charge in [-0.1, -0.05) is 22.0 Å². The first-order valence-electron chi connectivity index (χ1n) is 5.76. The van der Waals surface area contributed by atoms with Crippen molar-refractivity contribution in [3.63, 3.8) is 0 Å². The Hall–Kier alpha value is -1.16. The average molecular weight is 315 g/mol. The van der Waals surface area contributed by atoms with Crippen LogP contribution in [0.15, 0.2) is 41.0 Å². The van der Waals surface area contributed by atoms with Gasteiger partial charge >= 0.3 is 0 Å². The lowest BCUT2D eigenvalue weighted by molar-refractivity contribution is 0.497. The summed E-state index contributed by atoms with van der Waals surface area (Å²) in [5, 5.41) is 0. The van der Waals surface area contributed by atoms with Crippen LogP contribution in [-0.4, -0.2) is 4.83 Å². The standard InChI is InChI=1S/C14H13BrF2O/c15-10(6-7-11-3-2-8-18-11)9-12-13(16)4-1-5-14(12)17/h1-5,8,10H,6-7,9H2. The van der Waals surface area contributed by atoms with Gasteiger partial charge in [-0.25, -0.2) is 8.78 Å². The molecule has 0 fully saturated rings. The van der Waals surface area contributed by atoms with Crippen LogP contribution in [0.1, 0.15) is 17.7 Å². The zero-order chi connectivity index (χ0) is 13.0. The number of furan rings is 1. The van der Waals surface area contributed by atoms with Crippen LogP contribution in [-0.2, 0) is 12.8 Å². The Morgan fingerprint density at radius 1 is 1.11 bits per heavy atom. The minimum Gasteiger partial charge on any atom is -0.469 e. The molecule has 96 valence electrons. The molecule has 1 unspecified atom stereocenters. The molecule has 4 heteroatoms. The summed E-state index contributed by atoms with van der Waals surface area (Å²) in [7, 11) is 0. The Labute approximate surface area is 113 Å². The van der Waals surface area contributed by atoms with E-state index in [1.54, 1.807) is 6.26 Å². The number of halogens is 3. The third-order valence-electron chi connectivity index (χ3n) is 2.77. The van der Waals surface area contributed by atoms with Gasteiger partial charge in [0, 0.05) is 16.8 Å². The molecule has 1 aromatic carbocycles. The second-order valence-corrected chi connectivity index (χ2v) is 5.41. The third-order valence-corrected chi connectivity index (χ3v) is 3.55. The number of rotatable bonds is 5. The SMILES string of the molecule is Fc1cccc(F)c1CC(Br)CCc1ccco1. The minimum absolute atomic E-state index is 0.0222. The molecule has 0 aliphatic rings. The molecule has 0 saturated carbocycles. The second kappa shape index (κ2) is 6.14. The summed E-state index contributed by atoms with van der Waals surface area (Å²) in [6.45, 7) is 0. The van der Waals surface area contributed by atoms with Gasteiger partial charge in [-0.2, -0.15) is 0 Å². The summed E-state index contributed by atoms with van der Waals surface area (Å²) in [5.41, 5.74) is 0.138. The third kappa shape index (κ3) is 3.42. The lowest BCUT2D eigenvalue weighted by Crippen LogP contribution is -2.07. The van der Waals surface area contributed by atoms with Crippen LogP contribution in [0.5, 0.6) is 0 Å². The molecule has 0 spiro atoms. The van der Waals surface area contributed by atoms with Crippen LogP contribution in [0.2, 0.25) is 0 Å². The molecule has 1 atom stereocenters. The van der Waals surface area contributed by atoms with Crippen molar-refractivity contribution in [2.75, 3.05) is 0 Å². The van der Waals surface area contributed by atoms with Crippen LogP contribution in [0.3, 0.4) is 0 Å². The van der Waals surface area contributed by atoms with Gasteiger partial charge in [-0.3, -0.25) is 0 Å². The van der Waals surface area contributed by atoms with E-state index in [4.69, 9.17) is 4.42 Å². The van der Waals surface area contributed by atoms with Gasteiger partial charge in [0.2, 0.25) is 0 Å². The van der Waals surface area contributed by atoms with Crippen LogP contribution in [0, 0.1) is 11.6 Å². The van der Waals surface area contributed by atoms with Gasteiger partial charge in [-0.15, -0.1) is 0 Å². The molecule has 0 aliphatic heterocycles. The Bertz CT molecular complexity index is 476. The summed E-state index contributed by atoms with van der Waals surface area (Å²) in [4.78, 5) is 0.0222. The van der Waals surface area contributed by atoms with E-state index in [-0.39, 0.29) is 10.4 Å². The fourth-order valence-corrected chi connectivity index (χ4v) is 2.36. The maximum absolute atomic E-state index is 13.4. The lowest BCUT2D eigenvalue weighted by Gasteiger charge is -2.10. The van der Waals surface area contributed by atoms with Crippen molar-refractivity contribution in [3.8, 4) is 0 Å². The van der Waals surface area contributed by atoms with Gasteiger partial charge in [0.05, 0.1) is 6.26 Å². The average Bonchev–Trinajstić information content (AvgIpc) is 2.84. The number of hydrogen-bond acceptors (Lipinski definition) is 1. The van der Waals surface area contributed by atoms with Crippen molar-refractivity contribution in [1.82, 2.24) is 0 Å². The van der Waals surface area contributed by atoms with E-state index in [9.17, 15) is 8.78 Å². The highest BCUT2D eigenvalue weighted by Crippen LogP contribution is 2.20. The van der Waals surface area contributed by atoms with E-state index >= 15 is 0 Å². The largest absolute Gasteiger partial charge is 0.469 e. The highest BCUT2D eigenvalue weighted by Gasteiger charge is 2.14. The van der Waals surface area contributed by atoms with Crippen LogP contribution in [0.4, 0.5) is 8.78 Å². The predicted molar refractivity (Wildman–Crippen MR) is 69.8 cm³/mol. The van der Waals surface area contributed by atoms with Crippen molar-refractivity contribution in [2.45, 2.75) is 24.1 Å². The number of benzene rings is 1. The van der Waals surface area contributed by atoms with Crippen molar-refractivity contribution >= 4 is 15.9 Å². The molecule has 1 nitrogen and oxygen atoms in total. The molecular formula is C14H13BrF2O. The highest BCUT2D eigenvalue weighted by molar-refractivity contribution is 9.09. The van der Waals surface area contributed by atoms with Gasteiger partial charge in [0.1, 0.15) is 17.4 Å². The molecular weight excluding hydrogens is 302 g/mol. The second-order valence-electron chi connectivity index (χ2n) is 4.12. The number of alkyl halides is 1. The van der Waals surface area contributed by atoms with E-state index in [2.05, 4.69) is 15.9 Å². The Morgan fingerprint density at radius 3 is 2.44 bits per heavy atom. The maximum atomic E-state index is 13.4. The molecule has 0 aliphatic carbocycles. The highest BCUT2D eigenvalue weighted by atomic mass is 79.9. The van der Waals surface area contributed by atoms with E-state index in [1.807, 2.05) is 12.1 Å². The van der Waals surface area contributed by atoms with Gasteiger partial charge in [0.15, 0.2) is 0 Å². The lowest BCUT2D eigenvalue weighted by atomic mass is 10.1. The van der Waals surface area contributed by atoms with E-state index in [0.717, 1.165) is 18.6 Å². The summed E-state index contributed by atoms with van der Waals surface area (Å²) >= 11 is 3.45. The molecule has 18 heavy (non-hydrogen) atoms. The van der Waals surface area contributed by atoms with Crippen LogP contribution < -0.4 is 0 Å². The summed E-state index contributed by atoms with van der Waals surface area (Å²) in [6.07, 6.45) is 3.47. The number of aryl methyl sites for hydroxylation is 1. The summed E-state index contributed by atoms with van der Waals surface area (Å²) < 4.78 is 32.1. The first kappa shape index (κ1) is 13.3. The van der Waals surface area contributed by atoms with Crippen molar-refractivity contribution in [1.29, 1.82) is 0 Å². The molecule has 0 saturated heterocycles. The minimum atomic E-state index is -0.488. The molecule has 0 N–H and O–H groups in total. The Balaban J connectivity index is 1.92. The molecule has 0 radical (unpaired) electrons. The molecule has 0 amide bonds. The monoisotopic (exact) mass is 314 g/mol. The molecule has 2 aromatic rings. The van der Waals surface area contributed by atoms with Crippen molar-refractivity contribution in [3.05, 3.63) is 59.6 Å². The van der Waals surface area contributed by atoms with Crippen molar-refractivity contribution < 1.29 is 13.2 Å². The fraction of sp³-hybridized carbons (Fsp3) is 0.286. The maximum Gasteiger partial charge on any atom is 0.129 e. The topological polar surface area (TPSA) is 13.1 Å².